The number of hydrogen-bond donors (Lipinski definition) is 1. The van der Waals surface area contributed by atoms with Gasteiger partial charge in [-0.05, 0) is 31.4 Å². The van der Waals surface area contributed by atoms with Crippen molar-refractivity contribution in [3.8, 4) is 11.5 Å². The Kier molecular flexibility index (Phi) is 8.63. The van der Waals surface area contributed by atoms with Crippen LogP contribution in [0, 0.1) is 0 Å². The van der Waals surface area contributed by atoms with E-state index in [-0.39, 0.29) is 17.2 Å². The summed E-state index contributed by atoms with van der Waals surface area (Å²) in [6.07, 6.45) is 1.83. The van der Waals surface area contributed by atoms with E-state index in [2.05, 4.69) is 5.32 Å². The number of benzene rings is 1. The van der Waals surface area contributed by atoms with E-state index in [0.717, 1.165) is 5.56 Å². The van der Waals surface area contributed by atoms with Gasteiger partial charge in [-0.3, -0.25) is 9.59 Å². The van der Waals surface area contributed by atoms with Gasteiger partial charge in [0.1, 0.15) is 22.9 Å². The number of ether oxygens (including phenoxy) is 3. The van der Waals surface area contributed by atoms with Gasteiger partial charge in [0.25, 0.3) is 0 Å². The summed E-state index contributed by atoms with van der Waals surface area (Å²) in [5.41, 5.74) is 0.926. The number of methoxy groups -OCH3 is 3. The summed E-state index contributed by atoms with van der Waals surface area (Å²) < 4.78 is 15.5. The lowest BCUT2D eigenvalue weighted by Gasteiger charge is -2.26. The molecule has 8 nitrogen and oxygen atoms in total. The van der Waals surface area contributed by atoms with Gasteiger partial charge in [0, 0.05) is 25.1 Å². The molecule has 2 rings (SSSR count). The van der Waals surface area contributed by atoms with Crippen LogP contribution in [-0.4, -0.2) is 62.4 Å². The van der Waals surface area contributed by atoms with Gasteiger partial charge in [-0.15, -0.1) is 11.8 Å². The minimum absolute atomic E-state index is 0.0734. The summed E-state index contributed by atoms with van der Waals surface area (Å²) in [6, 6.07) is 4.92. The highest BCUT2D eigenvalue weighted by molar-refractivity contribution is 8.00. The van der Waals surface area contributed by atoms with Crippen molar-refractivity contribution in [3.63, 3.8) is 0 Å². The van der Waals surface area contributed by atoms with Crippen molar-refractivity contribution >= 4 is 29.5 Å². The van der Waals surface area contributed by atoms with Gasteiger partial charge < -0.3 is 24.4 Å². The van der Waals surface area contributed by atoms with E-state index in [1.54, 1.807) is 26.0 Å². The van der Waals surface area contributed by atoms with Crippen LogP contribution in [0.1, 0.15) is 37.1 Å². The maximum Gasteiger partial charge on any atom is 0.328 e. The Morgan fingerprint density at radius 1 is 1.24 bits per heavy atom. The Hall–Kier alpha value is -2.42. The number of carbonyl (C=O) groups excluding carboxylic acids is 3. The van der Waals surface area contributed by atoms with Crippen molar-refractivity contribution in [1.82, 2.24) is 10.2 Å². The zero-order valence-corrected chi connectivity index (χ0v) is 18.0. The van der Waals surface area contributed by atoms with Gasteiger partial charge in [0.15, 0.2) is 0 Å². The molecule has 2 amide bonds. The number of carbonyl (C=O) groups is 3. The summed E-state index contributed by atoms with van der Waals surface area (Å²) in [4.78, 5) is 37.3. The first-order valence-corrected chi connectivity index (χ1v) is 10.4. The van der Waals surface area contributed by atoms with Crippen LogP contribution in [0.3, 0.4) is 0 Å². The van der Waals surface area contributed by atoms with Crippen molar-refractivity contribution in [3.05, 3.63) is 23.8 Å². The summed E-state index contributed by atoms with van der Waals surface area (Å²) >= 11 is 1.56. The van der Waals surface area contributed by atoms with Crippen LogP contribution in [0.2, 0.25) is 0 Å². The Labute approximate surface area is 175 Å². The van der Waals surface area contributed by atoms with Gasteiger partial charge in [-0.25, -0.2) is 4.79 Å². The van der Waals surface area contributed by atoms with Crippen LogP contribution >= 0.6 is 11.8 Å². The highest BCUT2D eigenvalue weighted by Crippen LogP contribution is 2.43. The van der Waals surface area contributed by atoms with E-state index >= 15 is 0 Å². The third-order valence-corrected chi connectivity index (χ3v) is 5.92. The van der Waals surface area contributed by atoms with Gasteiger partial charge in [-0.1, -0.05) is 0 Å². The molecule has 0 aromatic heterocycles. The number of unbranched alkanes of at least 4 members (excludes halogenated alkanes) is 1. The van der Waals surface area contributed by atoms with Crippen LogP contribution < -0.4 is 14.8 Å². The molecule has 1 aromatic rings. The second-order valence-electron chi connectivity index (χ2n) is 6.63. The zero-order valence-electron chi connectivity index (χ0n) is 17.2. The number of amides is 2. The van der Waals surface area contributed by atoms with Gasteiger partial charge in [0.2, 0.25) is 11.8 Å². The second-order valence-corrected chi connectivity index (χ2v) is 7.70. The van der Waals surface area contributed by atoms with Crippen LogP contribution in [0.15, 0.2) is 18.2 Å². The van der Waals surface area contributed by atoms with Crippen LogP contribution in [0.5, 0.6) is 11.5 Å². The molecule has 2 unspecified atom stereocenters. The first kappa shape index (κ1) is 22.9. The molecule has 0 bridgehead atoms. The fourth-order valence-corrected chi connectivity index (χ4v) is 4.49. The molecule has 0 aliphatic carbocycles. The average Bonchev–Trinajstić information content (AvgIpc) is 3.08. The number of nitrogens with zero attached hydrogens (tertiary/aromatic N) is 1. The fourth-order valence-electron chi connectivity index (χ4n) is 3.24. The monoisotopic (exact) mass is 424 g/mol. The average molecular weight is 425 g/mol. The SMILES string of the molecule is COC(=O)C(CCCCN1C(=O)CSC1c1ccc(OC)cc1OC)NC(C)=O. The van der Waals surface area contributed by atoms with Crippen molar-refractivity contribution in [2.24, 2.45) is 0 Å². The number of nitrogens with one attached hydrogen (secondary N) is 1. The molecule has 160 valence electrons. The molecule has 1 heterocycles. The minimum atomic E-state index is -0.668. The van der Waals surface area contributed by atoms with Crippen LogP contribution in [0.4, 0.5) is 0 Å². The highest BCUT2D eigenvalue weighted by Gasteiger charge is 2.34. The largest absolute Gasteiger partial charge is 0.497 e. The topological polar surface area (TPSA) is 94.2 Å². The number of rotatable bonds is 10. The molecule has 1 N–H and O–H groups in total. The molecule has 0 radical (unpaired) electrons. The van der Waals surface area contributed by atoms with Crippen LogP contribution in [0.25, 0.3) is 0 Å². The highest BCUT2D eigenvalue weighted by atomic mass is 32.2. The Balaban J connectivity index is 1.99. The molecular weight excluding hydrogens is 396 g/mol. The molecule has 1 saturated heterocycles. The molecule has 0 spiro atoms. The second kappa shape index (κ2) is 10.9. The van der Waals surface area contributed by atoms with Gasteiger partial charge >= 0.3 is 5.97 Å². The molecule has 1 aliphatic rings. The molecule has 9 heteroatoms. The Bertz CT molecular complexity index is 742. The third-order valence-electron chi connectivity index (χ3n) is 4.68. The van der Waals surface area contributed by atoms with E-state index < -0.39 is 12.0 Å². The molecule has 1 fully saturated rings. The number of esters is 1. The van der Waals surface area contributed by atoms with E-state index in [4.69, 9.17) is 14.2 Å². The summed E-state index contributed by atoms with van der Waals surface area (Å²) in [5, 5.41) is 2.47. The van der Waals surface area contributed by atoms with Gasteiger partial charge in [-0.2, -0.15) is 0 Å². The molecule has 1 aromatic carbocycles. The first-order valence-electron chi connectivity index (χ1n) is 9.39. The number of thioether (sulfide) groups is 1. The number of hydrogen-bond acceptors (Lipinski definition) is 7. The summed E-state index contributed by atoms with van der Waals surface area (Å²) in [5.74, 6) is 1.11. The smallest absolute Gasteiger partial charge is 0.328 e. The Morgan fingerprint density at radius 3 is 2.62 bits per heavy atom. The predicted molar refractivity (Wildman–Crippen MR) is 110 cm³/mol. The minimum Gasteiger partial charge on any atom is -0.497 e. The van der Waals surface area contributed by atoms with Crippen molar-refractivity contribution < 1.29 is 28.6 Å². The van der Waals surface area contributed by atoms with Crippen molar-refractivity contribution in [2.45, 2.75) is 37.6 Å². The van der Waals surface area contributed by atoms with E-state index in [1.807, 2.05) is 23.1 Å². The van der Waals surface area contributed by atoms with E-state index in [9.17, 15) is 14.4 Å². The normalized spacial score (nSPS) is 17.0. The first-order chi connectivity index (χ1) is 13.9. The molecular formula is C20H28N2O6S. The van der Waals surface area contributed by atoms with Crippen LogP contribution in [-0.2, 0) is 19.1 Å². The van der Waals surface area contributed by atoms with Gasteiger partial charge in [0.05, 0.1) is 27.1 Å². The fraction of sp³-hybridized carbons (Fsp3) is 0.550. The lowest BCUT2D eigenvalue weighted by Crippen LogP contribution is -2.40. The van der Waals surface area contributed by atoms with Crippen molar-refractivity contribution in [2.75, 3.05) is 33.6 Å². The van der Waals surface area contributed by atoms with E-state index in [1.165, 1.54) is 14.0 Å². The zero-order chi connectivity index (χ0) is 21.4. The summed E-state index contributed by atoms with van der Waals surface area (Å²) in [7, 11) is 4.49. The van der Waals surface area contributed by atoms with Crippen molar-refractivity contribution in [1.29, 1.82) is 0 Å². The maximum atomic E-state index is 12.4. The standard InChI is InChI=1S/C20H28N2O6S/c1-13(23)21-16(20(25)28-4)7-5-6-10-22-18(24)12-29-19(22)15-9-8-14(26-2)11-17(15)27-3/h8-9,11,16,19H,5-7,10,12H2,1-4H3,(H,21,23). The quantitative estimate of drug-likeness (QED) is 0.454. The molecule has 1 aliphatic heterocycles. The lowest BCUT2D eigenvalue weighted by atomic mass is 10.1. The third kappa shape index (κ3) is 6.03. The molecule has 2 atom stereocenters. The van der Waals surface area contributed by atoms with E-state index in [0.29, 0.717) is 43.1 Å². The maximum absolute atomic E-state index is 12.4. The molecule has 29 heavy (non-hydrogen) atoms. The lowest BCUT2D eigenvalue weighted by molar-refractivity contribution is -0.145. The molecule has 0 saturated carbocycles. The predicted octanol–water partition coefficient (Wildman–Crippen LogP) is 2.13. The Morgan fingerprint density at radius 2 is 2.00 bits per heavy atom. The summed E-state index contributed by atoms with van der Waals surface area (Å²) in [6.45, 7) is 1.92.